The molecule has 0 unspecified atom stereocenters. The average molecular weight is 430 g/mol. The van der Waals surface area contributed by atoms with E-state index in [1.54, 1.807) is 16.9 Å². The van der Waals surface area contributed by atoms with Crippen LogP contribution in [-0.4, -0.2) is 48.3 Å². The molecule has 0 fully saturated rings. The minimum atomic E-state index is -0.504. The molecule has 6 rings (SSSR count). The second kappa shape index (κ2) is 6.86. The van der Waals surface area contributed by atoms with Crippen LogP contribution in [0.5, 0.6) is 0 Å². The highest BCUT2D eigenvalue weighted by Crippen LogP contribution is 2.36. The lowest BCUT2D eigenvalue weighted by atomic mass is 9.77. The van der Waals surface area contributed by atoms with Gasteiger partial charge in [0.15, 0.2) is 11.4 Å². The standard InChI is InChI=1S/C22H22N8O2/c1-22(2)15-4-3-13(9-16(15)24-11-18(22)31)25-21-26-20-19(23-5-6-30(20)28-21)17-10-14-12-32-8-7-29(14)27-17/h3-6,9-10,24H,7-8,11-12H2,1-2H3,(H,25,28). The maximum absolute atomic E-state index is 12.2. The summed E-state index contributed by atoms with van der Waals surface area (Å²) in [5, 5.41) is 15.7. The Balaban J connectivity index is 1.34. The summed E-state index contributed by atoms with van der Waals surface area (Å²) in [4.78, 5) is 21.4. The molecule has 10 heteroatoms. The average Bonchev–Trinajstić information content (AvgIpc) is 3.39. The van der Waals surface area contributed by atoms with E-state index in [0.717, 1.165) is 34.9 Å². The van der Waals surface area contributed by atoms with Gasteiger partial charge in [0, 0.05) is 23.8 Å². The van der Waals surface area contributed by atoms with E-state index in [1.165, 1.54) is 0 Å². The van der Waals surface area contributed by atoms with Crippen molar-refractivity contribution in [3.63, 3.8) is 0 Å². The smallest absolute Gasteiger partial charge is 0.247 e. The molecule has 0 saturated heterocycles. The predicted octanol–water partition coefficient (Wildman–Crippen LogP) is 2.53. The Hall–Kier alpha value is -3.79. The number of carbonyl (C=O) groups excluding carboxylic acids is 1. The third-order valence-corrected chi connectivity index (χ3v) is 6.14. The Morgan fingerprint density at radius 2 is 2.12 bits per heavy atom. The number of hydrogen-bond donors (Lipinski definition) is 2. The molecule has 2 aliphatic heterocycles. The number of fused-ring (bicyclic) bond motifs is 3. The van der Waals surface area contributed by atoms with E-state index >= 15 is 0 Å². The van der Waals surface area contributed by atoms with E-state index in [-0.39, 0.29) is 5.78 Å². The van der Waals surface area contributed by atoms with Gasteiger partial charge in [0.2, 0.25) is 5.95 Å². The molecular formula is C22H22N8O2. The summed E-state index contributed by atoms with van der Waals surface area (Å²) in [7, 11) is 0. The fourth-order valence-electron chi connectivity index (χ4n) is 4.25. The number of Topliss-reactive ketones (excluding diaryl/α,β-unsaturated/α-hetero) is 1. The van der Waals surface area contributed by atoms with Crippen molar-refractivity contribution in [1.29, 1.82) is 0 Å². The number of aromatic nitrogens is 6. The zero-order valence-electron chi connectivity index (χ0n) is 17.8. The second-order valence-corrected chi connectivity index (χ2v) is 8.56. The third-order valence-electron chi connectivity index (χ3n) is 6.14. The number of nitrogens with zero attached hydrogens (tertiary/aromatic N) is 6. The highest BCUT2D eigenvalue weighted by atomic mass is 16.5. The molecule has 0 radical (unpaired) electrons. The van der Waals surface area contributed by atoms with Gasteiger partial charge in [-0.2, -0.15) is 10.1 Å². The number of carbonyl (C=O) groups is 1. The number of anilines is 3. The summed E-state index contributed by atoms with van der Waals surface area (Å²) in [5.74, 6) is 0.637. The van der Waals surface area contributed by atoms with Gasteiger partial charge >= 0.3 is 0 Å². The van der Waals surface area contributed by atoms with Crippen molar-refractivity contribution in [2.45, 2.75) is 32.4 Å². The molecule has 0 saturated carbocycles. The first kappa shape index (κ1) is 18.9. The minimum absolute atomic E-state index is 0.181. The van der Waals surface area contributed by atoms with Gasteiger partial charge in [-0.25, -0.2) is 9.50 Å². The molecule has 0 bridgehead atoms. The van der Waals surface area contributed by atoms with Crippen molar-refractivity contribution in [3.8, 4) is 11.4 Å². The molecule has 32 heavy (non-hydrogen) atoms. The number of rotatable bonds is 3. The molecule has 0 aliphatic carbocycles. The lowest BCUT2D eigenvalue weighted by molar-refractivity contribution is -0.122. The first-order valence-corrected chi connectivity index (χ1v) is 10.5. The number of benzene rings is 1. The van der Waals surface area contributed by atoms with E-state index in [1.807, 2.05) is 42.8 Å². The lowest BCUT2D eigenvalue weighted by Crippen LogP contribution is -2.39. The molecule has 0 atom stereocenters. The first-order chi connectivity index (χ1) is 15.5. The number of hydrogen-bond acceptors (Lipinski definition) is 8. The summed E-state index contributed by atoms with van der Waals surface area (Å²) in [6.07, 6.45) is 3.45. The van der Waals surface area contributed by atoms with Crippen molar-refractivity contribution in [3.05, 3.63) is 47.9 Å². The molecule has 5 heterocycles. The molecule has 4 aromatic rings. The van der Waals surface area contributed by atoms with Crippen molar-refractivity contribution in [2.75, 3.05) is 23.8 Å². The topological polar surface area (TPSA) is 111 Å². The number of nitrogens with one attached hydrogen (secondary N) is 2. The Kier molecular flexibility index (Phi) is 4.06. The van der Waals surface area contributed by atoms with Crippen molar-refractivity contribution >= 4 is 28.8 Å². The summed E-state index contributed by atoms with van der Waals surface area (Å²) in [6, 6.07) is 7.89. The SMILES string of the molecule is CC1(C)C(=O)CNc2cc(Nc3nc4c(-c5cc6n(n5)CCOC6)nccn4n3)ccc21. The fourth-order valence-corrected chi connectivity index (χ4v) is 4.25. The van der Waals surface area contributed by atoms with Gasteiger partial charge in [0.25, 0.3) is 0 Å². The van der Waals surface area contributed by atoms with Crippen LogP contribution in [0, 0.1) is 0 Å². The monoisotopic (exact) mass is 430 g/mol. The Morgan fingerprint density at radius 3 is 3.00 bits per heavy atom. The van der Waals surface area contributed by atoms with E-state index in [9.17, 15) is 4.79 Å². The van der Waals surface area contributed by atoms with Gasteiger partial charge in [-0.05, 0) is 37.6 Å². The molecule has 2 N–H and O–H groups in total. The number of ether oxygens (including phenoxy) is 1. The van der Waals surface area contributed by atoms with Gasteiger partial charge < -0.3 is 15.4 Å². The van der Waals surface area contributed by atoms with Gasteiger partial charge in [-0.15, -0.1) is 5.10 Å². The van der Waals surface area contributed by atoms with Crippen LogP contribution in [0.2, 0.25) is 0 Å². The van der Waals surface area contributed by atoms with Crippen molar-refractivity contribution in [2.24, 2.45) is 0 Å². The highest BCUT2D eigenvalue weighted by molar-refractivity contribution is 5.97. The molecule has 0 spiro atoms. The Bertz CT molecular complexity index is 1350. The summed E-state index contributed by atoms with van der Waals surface area (Å²) in [6.45, 7) is 6.17. The van der Waals surface area contributed by atoms with E-state index in [4.69, 9.17) is 4.74 Å². The van der Waals surface area contributed by atoms with Crippen molar-refractivity contribution in [1.82, 2.24) is 29.4 Å². The second-order valence-electron chi connectivity index (χ2n) is 8.56. The summed E-state index contributed by atoms with van der Waals surface area (Å²) >= 11 is 0. The molecule has 1 aromatic carbocycles. The van der Waals surface area contributed by atoms with Crippen LogP contribution < -0.4 is 10.6 Å². The van der Waals surface area contributed by atoms with E-state index < -0.39 is 5.41 Å². The molecule has 10 nitrogen and oxygen atoms in total. The van der Waals surface area contributed by atoms with Crippen LogP contribution in [0.1, 0.15) is 25.1 Å². The maximum atomic E-state index is 12.2. The Labute approximate surface area is 183 Å². The zero-order valence-corrected chi connectivity index (χ0v) is 17.8. The third kappa shape index (κ3) is 2.94. The van der Waals surface area contributed by atoms with Gasteiger partial charge in [-0.3, -0.25) is 9.48 Å². The van der Waals surface area contributed by atoms with Gasteiger partial charge in [0.1, 0.15) is 11.4 Å². The fraction of sp³-hybridized carbons (Fsp3) is 0.318. The molecule has 2 aliphatic rings. The molecule has 162 valence electrons. The van der Waals surface area contributed by atoms with Crippen molar-refractivity contribution < 1.29 is 9.53 Å². The van der Waals surface area contributed by atoms with Gasteiger partial charge in [0.05, 0.1) is 37.4 Å². The quantitative estimate of drug-likeness (QED) is 0.510. The zero-order chi connectivity index (χ0) is 21.9. The first-order valence-electron chi connectivity index (χ1n) is 10.5. The molecule has 0 amide bonds. The summed E-state index contributed by atoms with van der Waals surface area (Å²) in [5.41, 5.74) is 5.32. The largest absolute Gasteiger partial charge is 0.378 e. The van der Waals surface area contributed by atoms with Gasteiger partial charge in [-0.1, -0.05) is 6.07 Å². The van der Waals surface area contributed by atoms with Crippen LogP contribution in [-0.2, 0) is 28.1 Å². The van der Waals surface area contributed by atoms with Crippen LogP contribution in [0.25, 0.3) is 17.0 Å². The van der Waals surface area contributed by atoms with E-state index in [0.29, 0.717) is 37.0 Å². The highest BCUT2D eigenvalue weighted by Gasteiger charge is 2.35. The summed E-state index contributed by atoms with van der Waals surface area (Å²) < 4.78 is 9.16. The Morgan fingerprint density at radius 1 is 1.22 bits per heavy atom. The normalized spacial score (nSPS) is 17.0. The predicted molar refractivity (Wildman–Crippen MR) is 118 cm³/mol. The maximum Gasteiger partial charge on any atom is 0.247 e. The van der Waals surface area contributed by atoms with Crippen LogP contribution in [0.4, 0.5) is 17.3 Å². The van der Waals surface area contributed by atoms with Crippen LogP contribution in [0.3, 0.4) is 0 Å². The minimum Gasteiger partial charge on any atom is -0.378 e. The van der Waals surface area contributed by atoms with Crippen LogP contribution >= 0.6 is 0 Å². The molecular weight excluding hydrogens is 408 g/mol. The van der Waals surface area contributed by atoms with E-state index in [2.05, 4.69) is 30.8 Å². The molecule has 3 aromatic heterocycles. The number of ketones is 1. The lowest BCUT2D eigenvalue weighted by Gasteiger charge is -2.32. The van der Waals surface area contributed by atoms with Crippen LogP contribution in [0.15, 0.2) is 36.7 Å².